The molecule has 2 unspecified atom stereocenters. The zero-order valence-corrected chi connectivity index (χ0v) is 29.5. The zero-order chi connectivity index (χ0) is 36.2. The van der Waals surface area contributed by atoms with Gasteiger partial charge in [-0.15, -0.1) is 0 Å². The van der Waals surface area contributed by atoms with Crippen molar-refractivity contribution in [3.63, 3.8) is 0 Å². The molecule has 51 heavy (non-hydrogen) atoms. The lowest BCUT2D eigenvalue weighted by Gasteiger charge is -2.39. The predicted octanol–water partition coefficient (Wildman–Crippen LogP) is 6.63. The van der Waals surface area contributed by atoms with Gasteiger partial charge in [-0.3, -0.25) is 14.6 Å². The monoisotopic (exact) mass is 700 g/mol. The summed E-state index contributed by atoms with van der Waals surface area (Å²) in [4.78, 5) is 59.1. The van der Waals surface area contributed by atoms with Crippen molar-refractivity contribution >= 4 is 23.6 Å². The molecule has 11 nitrogen and oxygen atoms in total. The van der Waals surface area contributed by atoms with Crippen LogP contribution in [0.15, 0.2) is 66.9 Å². The number of ether oxygens (including phenoxy) is 4. The van der Waals surface area contributed by atoms with Crippen molar-refractivity contribution in [1.29, 1.82) is 0 Å². The van der Waals surface area contributed by atoms with E-state index in [1.807, 2.05) is 24.3 Å². The summed E-state index contributed by atoms with van der Waals surface area (Å²) in [5.41, 5.74) is 1.92. The van der Waals surface area contributed by atoms with E-state index in [0.29, 0.717) is 54.3 Å². The molecule has 2 aromatic carbocycles. The number of carbonyl (C=O) groups excluding carboxylic acids is 3. The third-order valence-electron chi connectivity index (χ3n) is 9.94. The first-order valence-corrected chi connectivity index (χ1v) is 17.9. The Hall–Kier alpha value is -4.93. The molecule has 2 aliphatic rings. The minimum absolute atomic E-state index is 0.0515. The number of hydrogen-bond acceptors (Lipinski definition) is 9. The number of carboxylic acid groups (broad SMARTS) is 1. The number of piperidine rings is 1. The molecule has 1 aromatic heterocycles. The van der Waals surface area contributed by atoms with Crippen LogP contribution in [0.25, 0.3) is 0 Å². The van der Waals surface area contributed by atoms with E-state index in [1.54, 1.807) is 61.7 Å². The van der Waals surface area contributed by atoms with Gasteiger partial charge in [0.1, 0.15) is 23.6 Å². The standard InChI is InChI=1S/C40H48N2O9/c1-48-36-20-18-27(23-37(36)49-2)17-19-35(29-13-10-14-30(24-29)50-26-38(44)45)51-40(47)33-16-7-9-22-42(33)39(46)31(28-11-4-3-5-12-28)25-34(43)32-15-6-8-21-41-32/h6,8,10,13-15,18,20-21,23-24,28,31,33,35H,3-5,7,9,11-12,16-17,19,22,25-26H2,1-2H3,(H,44,45)/t31?,33-,35?/m0/s1. The fraction of sp³-hybridized carbons (Fsp3) is 0.475. The molecule has 1 aliphatic heterocycles. The molecule has 2 fully saturated rings. The number of amides is 1. The summed E-state index contributed by atoms with van der Waals surface area (Å²) in [6, 6.07) is 16.9. The van der Waals surface area contributed by atoms with Crippen LogP contribution < -0.4 is 14.2 Å². The van der Waals surface area contributed by atoms with E-state index < -0.39 is 36.6 Å². The minimum Gasteiger partial charge on any atom is -0.493 e. The third-order valence-corrected chi connectivity index (χ3v) is 9.94. The first-order valence-electron chi connectivity index (χ1n) is 17.9. The van der Waals surface area contributed by atoms with Gasteiger partial charge in [0.2, 0.25) is 5.91 Å². The molecule has 1 saturated heterocycles. The van der Waals surface area contributed by atoms with Crippen molar-refractivity contribution in [2.45, 2.75) is 82.8 Å². The van der Waals surface area contributed by atoms with Gasteiger partial charge in [-0.1, -0.05) is 43.5 Å². The molecule has 1 amide bonds. The average Bonchev–Trinajstić information content (AvgIpc) is 3.17. The highest BCUT2D eigenvalue weighted by atomic mass is 16.5. The van der Waals surface area contributed by atoms with Crippen molar-refractivity contribution < 1.29 is 43.2 Å². The molecule has 1 N–H and O–H groups in total. The SMILES string of the molecule is COc1ccc(CCC(OC(=O)[C@@H]2CCCCN2C(=O)C(CC(=O)c2ccccn2)C2CCCCC2)c2cccc(OCC(=O)O)c2)cc1OC. The van der Waals surface area contributed by atoms with Crippen LogP contribution in [-0.2, 0) is 25.5 Å². The largest absolute Gasteiger partial charge is 0.493 e. The molecular weight excluding hydrogens is 652 g/mol. The van der Waals surface area contributed by atoms with Gasteiger partial charge in [-0.2, -0.15) is 0 Å². The second-order valence-electron chi connectivity index (χ2n) is 13.3. The Bertz CT molecular complexity index is 1640. The van der Waals surface area contributed by atoms with Gasteiger partial charge in [0.25, 0.3) is 0 Å². The normalized spacial score (nSPS) is 17.5. The molecule has 1 aliphatic carbocycles. The van der Waals surface area contributed by atoms with Crippen LogP contribution in [0.1, 0.15) is 91.9 Å². The minimum atomic E-state index is -1.10. The Kier molecular flexibility index (Phi) is 13.4. The smallest absolute Gasteiger partial charge is 0.341 e. The van der Waals surface area contributed by atoms with E-state index >= 15 is 0 Å². The van der Waals surface area contributed by atoms with Crippen LogP contribution >= 0.6 is 0 Å². The van der Waals surface area contributed by atoms with Crippen molar-refractivity contribution in [2.24, 2.45) is 11.8 Å². The molecule has 3 atom stereocenters. The first kappa shape index (κ1) is 37.3. The lowest BCUT2D eigenvalue weighted by atomic mass is 9.76. The van der Waals surface area contributed by atoms with Crippen molar-refractivity contribution in [3.8, 4) is 17.2 Å². The van der Waals surface area contributed by atoms with E-state index in [9.17, 15) is 19.2 Å². The molecule has 11 heteroatoms. The number of rotatable bonds is 16. The molecule has 0 spiro atoms. The van der Waals surface area contributed by atoms with Crippen LogP contribution in [0, 0.1) is 11.8 Å². The molecular formula is C40H48N2O9. The second kappa shape index (κ2) is 18.3. The predicted molar refractivity (Wildman–Crippen MR) is 189 cm³/mol. The lowest BCUT2D eigenvalue weighted by Crippen LogP contribution is -2.52. The fourth-order valence-corrected chi connectivity index (χ4v) is 7.27. The highest BCUT2D eigenvalue weighted by Gasteiger charge is 2.41. The summed E-state index contributed by atoms with van der Waals surface area (Å²) in [5.74, 6) is -0.917. The average molecular weight is 701 g/mol. The Balaban J connectivity index is 1.38. The lowest BCUT2D eigenvalue weighted by molar-refractivity contribution is -0.164. The third kappa shape index (κ3) is 10.1. The number of Topliss-reactive ketones (excluding diaryl/α,β-unsaturated/α-hetero) is 1. The van der Waals surface area contributed by atoms with Gasteiger partial charge in [-0.05, 0) is 98.4 Å². The molecule has 3 aromatic rings. The van der Waals surface area contributed by atoms with Gasteiger partial charge >= 0.3 is 11.9 Å². The number of carbonyl (C=O) groups is 4. The van der Waals surface area contributed by atoms with Crippen LogP contribution in [0.3, 0.4) is 0 Å². The van der Waals surface area contributed by atoms with E-state index in [2.05, 4.69) is 4.98 Å². The highest BCUT2D eigenvalue weighted by molar-refractivity contribution is 5.97. The summed E-state index contributed by atoms with van der Waals surface area (Å²) in [7, 11) is 3.14. The first-order chi connectivity index (χ1) is 24.8. The number of methoxy groups -OCH3 is 2. The number of likely N-dealkylation sites (tertiary alicyclic amines) is 1. The molecule has 0 radical (unpaired) electrons. The zero-order valence-electron chi connectivity index (χ0n) is 29.5. The summed E-state index contributed by atoms with van der Waals surface area (Å²) < 4.78 is 22.6. The number of aliphatic carboxylic acids is 1. The number of esters is 1. The number of pyridine rings is 1. The summed E-state index contributed by atoms with van der Waals surface area (Å²) >= 11 is 0. The Morgan fingerprint density at radius 1 is 0.882 bits per heavy atom. The number of hydrogen-bond donors (Lipinski definition) is 1. The Morgan fingerprint density at radius 3 is 2.39 bits per heavy atom. The number of aryl methyl sites for hydroxylation is 1. The summed E-state index contributed by atoms with van der Waals surface area (Å²) in [6.45, 7) is -0.0991. The van der Waals surface area contributed by atoms with Gasteiger partial charge < -0.3 is 29.0 Å². The van der Waals surface area contributed by atoms with Crippen molar-refractivity contribution in [1.82, 2.24) is 9.88 Å². The Morgan fingerprint density at radius 2 is 1.67 bits per heavy atom. The second-order valence-corrected chi connectivity index (χ2v) is 13.3. The van der Waals surface area contributed by atoms with E-state index in [0.717, 1.165) is 50.5 Å². The molecule has 2 heterocycles. The number of ketones is 1. The maximum absolute atomic E-state index is 14.5. The number of aromatic nitrogens is 1. The molecule has 5 rings (SSSR count). The summed E-state index contributed by atoms with van der Waals surface area (Å²) in [5, 5.41) is 9.14. The van der Waals surface area contributed by atoms with Crippen LogP contribution in [-0.4, -0.2) is 72.0 Å². The molecule has 272 valence electrons. The van der Waals surface area contributed by atoms with E-state index in [-0.39, 0.29) is 24.0 Å². The maximum Gasteiger partial charge on any atom is 0.341 e. The molecule has 1 saturated carbocycles. The number of benzene rings is 2. The van der Waals surface area contributed by atoms with Gasteiger partial charge in [-0.25, -0.2) is 9.59 Å². The van der Waals surface area contributed by atoms with Gasteiger partial charge in [0, 0.05) is 25.1 Å². The number of nitrogens with zero attached hydrogens (tertiary/aromatic N) is 2. The van der Waals surface area contributed by atoms with Gasteiger partial charge in [0.05, 0.1) is 14.2 Å². The van der Waals surface area contributed by atoms with E-state index in [4.69, 9.17) is 24.1 Å². The van der Waals surface area contributed by atoms with Crippen LogP contribution in [0.5, 0.6) is 17.2 Å². The number of carboxylic acids is 1. The van der Waals surface area contributed by atoms with Crippen LogP contribution in [0.4, 0.5) is 0 Å². The quantitative estimate of drug-likeness (QED) is 0.128. The Labute approximate surface area is 299 Å². The maximum atomic E-state index is 14.5. The van der Waals surface area contributed by atoms with Crippen LogP contribution in [0.2, 0.25) is 0 Å². The molecule has 0 bridgehead atoms. The highest BCUT2D eigenvalue weighted by Crippen LogP contribution is 2.36. The topological polar surface area (TPSA) is 142 Å². The van der Waals surface area contributed by atoms with Crippen molar-refractivity contribution in [2.75, 3.05) is 27.4 Å². The van der Waals surface area contributed by atoms with Crippen molar-refractivity contribution in [3.05, 3.63) is 83.7 Å². The van der Waals surface area contributed by atoms with E-state index in [1.165, 1.54) is 0 Å². The fourth-order valence-electron chi connectivity index (χ4n) is 7.27. The van der Waals surface area contributed by atoms with Gasteiger partial charge in [0.15, 0.2) is 23.9 Å². The summed E-state index contributed by atoms with van der Waals surface area (Å²) in [6.07, 6.45) is 8.66.